The van der Waals surface area contributed by atoms with Crippen LogP contribution in [0.2, 0.25) is 0 Å². The average Bonchev–Trinajstić information content (AvgIpc) is 3.54. The van der Waals surface area contributed by atoms with Crippen LogP contribution in [0.5, 0.6) is 0 Å². The molecule has 1 aliphatic rings. The van der Waals surface area contributed by atoms with Gasteiger partial charge in [-0.1, -0.05) is 47.6 Å². The van der Waals surface area contributed by atoms with Crippen LogP contribution in [0.3, 0.4) is 0 Å². The molecule has 1 aliphatic carbocycles. The van der Waals surface area contributed by atoms with Gasteiger partial charge in [-0.2, -0.15) is 9.59 Å². The first-order valence-corrected chi connectivity index (χ1v) is 11.1. The Hall–Kier alpha value is -4.60. The first-order valence-electron chi connectivity index (χ1n) is 11.1. The molecular weight excluding hydrogens is 446 g/mol. The Morgan fingerprint density at radius 3 is 2.60 bits per heavy atom. The van der Waals surface area contributed by atoms with Crippen molar-refractivity contribution in [1.29, 1.82) is 0 Å². The second-order valence-corrected chi connectivity index (χ2v) is 8.19. The topological polar surface area (TPSA) is 114 Å². The number of ether oxygens (including phenoxy) is 1. The van der Waals surface area contributed by atoms with E-state index in [2.05, 4.69) is 45.5 Å². The molecule has 1 unspecified atom stereocenters. The minimum absolute atomic E-state index is 0.250. The number of H-pyrrole nitrogens is 1. The van der Waals surface area contributed by atoms with Crippen LogP contribution < -0.4 is 5.32 Å². The first-order chi connectivity index (χ1) is 17.0. The van der Waals surface area contributed by atoms with Crippen molar-refractivity contribution in [3.63, 3.8) is 0 Å². The number of fused-ring (bicyclic) bond motifs is 1. The van der Waals surface area contributed by atoms with Crippen LogP contribution in [-0.2, 0) is 14.3 Å². The Kier molecular flexibility index (Phi) is 7.10. The summed E-state index contributed by atoms with van der Waals surface area (Å²) < 4.78 is 10.8. The van der Waals surface area contributed by atoms with Gasteiger partial charge in [0.15, 0.2) is 0 Å². The van der Waals surface area contributed by atoms with E-state index in [0.717, 1.165) is 22.2 Å². The Morgan fingerprint density at radius 1 is 1.14 bits per heavy atom. The number of carbonyl (C=O) groups is 1. The third kappa shape index (κ3) is 5.85. The third-order valence-electron chi connectivity index (χ3n) is 5.65. The smallest absolute Gasteiger partial charge is 0.412 e. The quantitative estimate of drug-likeness (QED) is 0.383. The molecule has 0 aliphatic heterocycles. The lowest BCUT2D eigenvalue weighted by Gasteiger charge is -2.13. The van der Waals surface area contributed by atoms with Gasteiger partial charge in [0, 0.05) is 10.9 Å². The highest BCUT2D eigenvalue weighted by molar-refractivity contribution is 5.87. The largest absolute Gasteiger partial charge is 0.441 e. The third-order valence-corrected chi connectivity index (χ3v) is 5.65. The molecule has 0 bridgehead atoms. The normalized spacial score (nSPS) is 13.0. The van der Waals surface area contributed by atoms with Crippen LogP contribution in [0.15, 0.2) is 59.1 Å². The van der Waals surface area contributed by atoms with Crippen LogP contribution in [0.1, 0.15) is 60.1 Å². The number of carbonyl (C=O) groups excluding carboxylic acids is 3. The zero-order valence-electron chi connectivity index (χ0n) is 19.3. The van der Waals surface area contributed by atoms with Crippen molar-refractivity contribution in [2.24, 2.45) is 0 Å². The van der Waals surface area contributed by atoms with E-state index in [1.54, 1.807) is 6.92 Å². The lowest BCUT2D eigenvalue weighted by molar-refractivity contribution is -0.191. The van der Waals surface area contributed by atoms with Crippen LogP contribution in [-0.4, -0.2) is 22.4 Å². The minimum Gasteiger partial charge on any atom is -0.441 e. The molecule has 1 saturated carbocycles. The summed E-state index contributed by atoms with van der Waals surface area (Å²) >= 11 is 0. The number of nitrogens with zero attached hydrogens (tertiary/aromatic N) is 1. The van der Waals surface area contributed by atoms with Crippen LogP contribution in [0.25, 0.3) is 10.9 Å². The number of hydrogen-bond donors (Lipinski definition) is 2. The summed E-state index contributed by atoms with van der Waals surface area (Å²) in [5.41, 5.74) is 5.07. The van der Waals surface area contributed by atoms with Gasteiger partial charge in [-0.25, -0.2) is 4.79 Å². The molecule has 8 nitrogen and oxygen atoms in total. The molecule has 2 heterocycles. The monoisotopic (exact) mass is 469 g/mol. The van der Waals surface area contributed by atoms with E-state index in [1.165, 1.54) is 18.4 Å². The van der Waals surface area contributed by atoms with Crippen molar-refractivity contribution in [3.05, 3.63) is 82.9 Å². The van der Waals surface area contributed by atoms with Crippen LogP contribution in [0, 0.1) is 18.8 Å². The number of aryl methyl sites for hydroxylation is 1. The summed E-state index contributed by atoms with van der Waals surface area (Å²) in [7, 11) is 0. The minimum atomic E-state index is -0.589. The number of hydrogen-bond acceptors (Lipinski definition) is 6. The van der Waals surface area contributed by atoms with Crippen molar-refractivity contribution < 1.29 is 23.6 Å². The molecule has 176 valence electrons. The molecule has 0 saturated heterocycles. The van der Waals surface area contributed by atoms with E-state index >= 15 is 0 Å². The average molecular weight is 469 g/mol. The molecule has 0 radical (unpaired) electrons. The highest BCUT2D eigenvalue weighted by Gasteiger charge is 2.23. The van der Waals surface area contributed by atoms with Crippen molar-refractivity contribution in [1.82, 2.24) is 10.1 Å². The zero-order chi connectivity index (χ0) is 24.8. The fourth-order valence-corrected chi connectivity index (χ4v) is 3.69. The number of amides is 1. The van der Waals surface area contributed by atoms with Gasteiger partial charge in [0.1, 0.15) is 17.5 Å². The van der Waals surface area contributed by atoms with Gasteiger partial charge in [0.25, 0.3) is 0 Å². The molecule has 0 spiro atoms. The molecule has 2 aromatic carbocycles. The van der Waals surface area contributed by atoms with Gasteiger partial charge in [0.05, 0.1) is 5.69 Å². The van der Waals surface area contributed by atoms with Crippen LogP contribution in [0.4, 0.5) is 10.5 Å². The lowest BCUT2D eigenvalue weighted by Crippen LogP contribution is -2.16. The second-order valence-electron chi connectivity index (χ2n) is 8.19. The van der Waals surface area contributed by atoms with Gasteiger partial charge >= 0.3 is 12.2 Å². The summed E-state index contributed by atoms with van der Waals surface area (Å²) in [6.45, 7) is 3.56. The molecule has 4 aromatic rings. The van der Waals surface area contributed by atoms with Crippen molar-refractivity contribution in [3.8, 4) is 11.8 Å². The van der Waals surface area contributed by atoms with E-state index < -0.39 is 12.2 Å². The molecule has 5 rings (SSSR count). The van der Waals surface area contributed by atoms with Crippen molar-refractivity contribution in [2.75, 3.05) is 5.32 Å². The first kappa shape index (κ1) is 23.6. The van der Waals surface area contributed by atoms with Gasteiger partial charge in [-0.15, -0.1) is 0 Å². The molecular formula is C27H23N3O5. The number of anilines is 1. The maximum absolute atomic E-state index is 12.4. The molecule has 2 aromatic heterocycles. The second kappa shape index (κ2) is 10.6. The van der Waals surface area contributed by atoms with Gasteiger partial charge < -0.3 is 14.2 Å². The Morgan fingerprint density at radius 2 is 1.89 bits per heavy atom. The number of aromatic amines is 1. The lowest BCUT2D eigenvalue weighted by atomic mass is 10.1. The zero-order valence-corrected chi connectivity index (χ0v) is 19.3. The highest BCUT2D eigenvalue weighted by atomic mass is 16.6. The summed E-state index contributed by atoms with van der Waals surface area (Å²) in [5.74, 6) is 7.03. The van der Waals surface area contributed by atoms with Crippen molar-refractivity contribution in [2.45, 2.75) is 38.7 Å². The van der Waals surface area contributed by atoms with E-state index in [1.807, 2.05) is 43.3 Å². The molecule has 1 amide bonds. The van der Waals surface area contributed by atoms with E-state index in [9.17, 15) is 4.79 Å². The number of aromatic nitrogens is 2. The SMILES string of the molecule is Cc1noc(C#Cc2cc3ccc(C4CC4)cc3[nH]2)c1NC(=O)OC(C)c1ccccc1.O=C=O. The maximum Gasteiger partial charge on any atom is 0.412 e. The van der Waals surface area contributed by atoms with E-state index in [-0.39, 0.29) is 11.9 Å². The predicted octanol–water partition coefficient (Wildman–Crippen LogP) is 5.47. The number of rotatable bonds is 4. The molecule has 35 heavy (non-hydrogen) atoms. The molecule has 1 fully saturated rings. The predicted molar refractivity (Wildman–Crippen MR) is 127 cm³/mol. The van der Waals surface area contributed by atoms with E-state index in [0.29, 0.717) is 17.3 Å². The standard InChI is InChI=1S/C26H23N3O3.CO2/c1-16-25(28-26(30)31-17(2)18-6-4-3-5-7-18)24(32-29-16)13-12-22-14-21-11-10-20(19-8-9-19)15-23(21)27-22;2-1-3/h3-7,10-11,14-15,17,19,27H,8-9H2,1-2H3,(H,28,30);. The summed E-state index contributed by atoms with van der Waals surface area (Å²) in [6, 6.07) is 18.1. The fourth-order valence-electron chi connectivity index (χ4n) is 3.69. The van der Waals surface area contributed by atoms with Gasteiger partial charge in [0.2, 0.25) is 5.76 Å². The fraction of sp³-hybridized carbons (Fsp3) is 0.222. The Balaban J connectivity index is 0.000000917. The number of benzene rings is 2. The Labute approximate surface area is 201 Å². The molecule has 8 heteroatoms. The summed E-state index contributed by atoms with van der Waals surface area (Å²) in [6.07, 6.45) is 1.81. The summed E-state index contributed by atoms with van der Waals surface area (Å²) in [4.78, 5) is 32.0. The van der Waals surface area contributed by atoms with Gasteiger partial charge in [-0.05, 0) is 67.7 Å². The number of nitrogens with one attached hydrogen (secondary N) is 2. The Bertz CT molecular complexity index is 1430. The van der Waals surface area contributed by atoms with Gasteiger partial charge in [-0.3, -0.25) is 5.32 Å². The molecule has 1 atom stereocenters. The van der Waals surface area contributed by atoms with Crippen LogP contribution >= 0.6 is 0 Å². The van der Waals surface area contributed by atoms with E-state index in [4.69, 9.17) is 18.8 Å². The highest BCUT2D eigenvalue weighted by Crippen LogP contribution is 2.40. The summed E-state index contributed by atoms with van der Waals surface area (Å²) in [5, 5.41) is 7.78. The molecule has 2 N–H and O–H groups in total. The maximum atomic E-state index is 12.4. The van der Waals surface area contributed by atoms with Crippen molar-refractivity contribution >= 4 is 28.8 Å².